The van der Waals surface area contributed by atoms with Gasteiger partial charge in [-0.1, -0.05) is 54.6 Å². The van der Waals surface area contributed by atoms with Crippen molar-refractivity contribution < 1.29 is 9.53 Å². The molecule has 0 aliphatic heterocycles. The smallest absolute Gasteiger partial charge is 0.302 e. The SMILES string of the molecule is CC(=O)OCCc1cc2ccccc2c2ccccc12. The van der Waals surface area contributed by atoms with Crippen LogP contribution >= 0.6 is 0 Å². The first-order chi connectivity index (χ1) is 9.75. The van der Waals surface area contributed by atoms with Crippen LogP contribution in [0.2, 0.25) is 0 Å². The van der Waals surface area contributed by atoms with Gasteiger partial charge in [0.2, 0.25) is 0 Å². The lowest BCUT2D eigenvalue weighted by atomic mass is 9.96. The summed E-state index contributed by atoms with van der Waals surface area (Å²) in [5.74, 6) is -0.227. The van der Waals surface area contributed by atoms with Gasteiger partial charge in [0, 0.05) is 13.3 Å². The molecule has 3 aromatic carbocycles. The van der Waals surface area contributed by atoms with Crippen molar-refractivity contribution in [1.29, 1.82) is 0 Å². The van der Waals surface area contributed by atoms with Crippen LogP contribution < -0.4 is 0 Å². The second-order valence-corrected chi connectivity index (χ2v) is 4.89. The van der Waals surface area contributed by atoms with Crippen LogP contribution in [0, 0.1) is 0 Å². The molecule has 20 heavy (non-hydrogen) atoms. The fourth-order valence-electron chi connectivity index (χ4n) is 2.64. The van der Waals surface area contributed by atoms with Crippen molar-refractivity contribution in [1.82, 2.24) is 0 Å². The fraction of sp³-hybridized carbons (Fsp3) is 0.167. The molecule has 3 rings (SSSR count). The monoisotopic (exact) mass is 264 g/mol. The zero-order valence-electron chi connectivity index (χ0n) is 11.4. The second kappa shape index (κ2) is 5.33. The Bertz CT molecular complexity index is 775. The van der Waals surface area contributed by atoms with Gasteiger partial charge in [-0.15, -0.1) is 0 Å². The van der Waals surface area contributed by atoms with Gasteiger partial charge in [-0.05, 0) is 27.1 Å². The average molecular weight is 264 g/mol. The second-order valence-electron chi connectivity index (χ2n) is 4.89. The molecule has 0 aliphatic carbocycles. The van der Waals surface area contributed by atoms with Crippen LogP contribution in [0.3, 0.4) is 0 Å². The van der Waals surface area contributed by atoms with E-state index in [0.717, 1.165) is 6.42 Å². The van der Waals surface area contributed by atoms with Crippen molar-refractivity contribution in [2.24, 2.45) is 0 Å². The van der Waals surface area contributed by atoms with E-state index in [4.69, 9.17) is 4.74 Å². The standard InChI is InChI=1S/C18H16O2/c1-13(19)20-11-10-15-12-14-6-2-3-7-16(14)18-9-5-4-8-17(15)18/h2-9,12H,10-11H2,1H3. The maximum atomic E-state index is 10.9. The maximum Gasteiger partial charge on any atom is 0.302 e. The first kappa shape index (κ1) is 12.7. The highest BCUT2D eigenvalue weighted by Gasteiger charge is 2.06. The highest BCUT2D eigenvalue weighted by atomic mass is 16.5. The van der Waals surface area contributed by atoms with Crippen molar-refractivity contribution in [3.8, 4) is 0 Å². The van der Waals surface area contributed by atoms with E-state index in [-0.39, 0.29) is 5.97 Å². The minimum absolute atomic E-state index is 0.227. The van der Waals surface area contributed by atoms with E-state index in [9.17, 15) is 4.79 Å². The molecule has 0 atom stereocenters. The third-order valence-electron chi connectivity index (χ3n) is 3.53. The summed E-state index contributed by atoms with van der Waals surface area (Å²) in [5, 5.41) is 4.98. The number of hydrogen-bond donors (Lipinski definition) is 0. The van der Waals surface area contributed by atoms with Crippen molar-refractivity contribution in [2.75, 3.05) is 6.61 Å². The minimum Gasteiger partial charge on any atom is -0.466 e. The summed E-state index contributed by atoms with van der Waals surface area (Å²) in [6.45, 7) is 1.87. The molecule has 0 aromatic heterocycles. The molecule has 0 heterocycles. The van der Waals surface area contributed by atoms with Gasteiger partial charge in [0.25, 0.3) is 0 Å². The van der Waals surface area contributed by atoms with Crippen molar-refractivity contribution in [2.45, 2.75) is 13.3 Å². The molecule has 0 spiro atoms. The van der Waals surface area contributed by atoms with Gasteiger partial charge in [0.05, 0.1) is 6.61 Å². The zero-order chi connectivity index (χ0) is 13.9. The summed E-state index contributed by atoms with van der Waals surface area (Å²) < 4.78 is 5.07. The molecule has 0 saturated carbocycles. The average Bonchev–Trinajstić information content (AvgIpc) is 2.47. The van der Waals surface area contributed by atoms with E-state index in [1.807, 2.05) is 12.1 Å². The van der Waals surface area contributed by atoms with E-state index in [0.29, 0.717) is 6.61 Å². The van der Waals surface area contributed by atoms with Crippen LogP contribution in [0.5, 0.6) is 0 Å². The summed E-state index contributed by atoms with van der Waals surface area (Å²) >= 11 is 0. The molecule has 0 aliphatic rings. The number of esters is 1. The normalized spacial score (nSPS) is 10.8. The Morgan fingerprint density at radius 3 is 2.35 bits per heavy atom. The quantitative estimate of drug-likeness (QED) is 0.526. The van der Waals surface area contributed by atoms with Gasteiger partial charge in [0.1, 0.15) is 0 Å². The molecular weight excluding hydrogens is 248 g/mol. The summed E-state index contributed by atoms with van der Waals surface area (Å²) in [6.07, 6.45) is 0.741. The molecule has 0 radical (unpaired) electrons. The number of ether oxygens (including phenoxy) is 1. The van der Waals surface area contributed by atoms with Gasteiger partial charge < -0.3 is 4.74 Å². The first-order valence-corrected chi connectivity index (χ1v) is 6.78. The lowest BCUT2D eigenvalue weighted by Crippen LogP contribution is -2.03. The van der Waals surface area contributed by atoms with Crippen LogP contribution in [0.4, 0.5) is 0 Å². The van der Waals surface area contributed by atoms with Gasteiger partial charge in [-0.3, -0.25) is 4.79 Å². The van der Waals surface area contributed by atoms with Crippen molar-refractivity contribution >= 4 is 27.5 Å². The fourth-order valence-corrected chi connectivity index (χ4v) is 2.64. The topological polar surface area (TPSA) is 26.3 Å². The Kier molecular flexibility index (Phi) is 3.38. The van der Waals surface area contributed by atoms with E-state index in [2.05, 4.69) is 42.5 Å². The Hall–Kier alpha value is -2.35. The third kappa shape index (κ3) is 2.37. The molecule has 0 fully saturated rings. The van der Waals surface area contributed by atoms with E-state index >= 15 is 0 Å². The van der Waals surface area contributed by atoms with E-state index in [1.54, 1.807) is 0 Å². The molecule has 0 N–H and O–H groups in total. The Balaban J connectivity index is 2.11. The van der Waals surface area contributed by atoms with Crippen LogP contribution in [-0.2, 0) is 16.0 Å². The van der Waals surface area contributed by atoms with Crippen LogP contribution in [0.25, 0.3) is 21.5 Å². The lowest BCUT2D eigenvalue weighted by molar-refractivity contribution is -0.140. The minimum atomic E-state index is -0.227. The van der Waals surface area contributed by atoms with Crippen LogP contribution in [-0.4, -0.2) is 12.6 Å². The summed E-state index contributed by atoms with van der Waals surface area (Å²) in [7, 11) is 0. The predicted molar refractivity (Wildman–Crippen MR) is 81.8 cm³/mol. The number of rotatable bonds is 3. The molecule has 0 unspecified atom stereocenters. The molecule has 2 heteroatoms. The Morgan fingerprint density at radius 2 is 1.60 bits per heavy atom. The number of carbonyl (C=O) groups excluding carboxylic acids is 1. The molecule has 100 valence electrons. The number of benzene rings is 3. The third-order valence-corrected chi connectivity index (χ3v) is 3.53. The molecule has 2 nitrogen and oxygen atoms in total. The van der Waals surface area contributed by atoms with Crippen LogP contribution in [0.1, 0.15) is 12.5 Å². The van der Waals surface area contributed by atoms with Gasteiger partial charge in [-0.25, -0.2) is 0 Å². The Morgan fingerprint density at radius 1 is 0.950 bits per heavy atom. The number of fused-ring (bicyclic) bond motifs is 3. The molecule has 3 aromatic rings. The zero-order valence-corrected chi connectivity index (χ0v) is 11.4. The van der Waals surface area contributed by atoms with Gasteiger partial charge >= 0.3 is 5.97 Å². The highest BCUT2D eigenvalue weighted by molar-refractivity contribution is 6.08. The summed E-state index contributed by atoms with van der Waals surface area (Å²) in [6, 6.07) is 19.0. The molecule has 0 amide bonds. The van der Waals surface area contributed by atoms with Crippen molar-refractivity contribution in [3.63, 3.8) is 0 Å². The largest absolute Gasteiger partial charge is 0.466 e. The van der Waals surface area contributed by atoms with Crippen LogP contribution in [0.15, 0.2) is 54.6 Å². The van der Waals surface area contributed by atoms with E-state index in [1.165, 1.54) is 34.0 Å². The number of hydrogen-bond acceptors (Lipinski definition) is 2. The molecular formula is C18H16O2. The highest BCUT2D eigenvalue weighted by Crippen LogP contribution is 2.28. The van der Waals surface area contributed by atoms with Crippen molar-refractivity contribution in [3.05, 3.63) is 60.2 Å². The Labute approximate surface area is 118 Å². The lowest BCUT2D eigenvalue weighted by Gasteiger charge is -2.10. The molecule has 0 saturated heterocycles. The molecule has 0 bridgehead atoms. The maximum absolute atomic E-state index is 10.9. The van der Waals surface area contributed by atoms with Gasteiger partial charge in [-0.2, -0.15) is 0 Å². The predicted octanol–water partition coefficient (Wildman–Crippen LogP) is 4.10. The van der Waals surface area contributed by atoms with Gasteiger partial charge in [0.15, 0.2) is 0 Å². The first-order valence-electron chi connectivity index (χ1n) is 6.78. The summed E-state index contributed by atoms with van der Waals surface area (Å²) in [5.41, 5.74) is 1.22. The van der Waals surface area contributed by atoms with E-state index < -0.39 is 0 Å². The number of carbonyl (C=O) groups is 1. The summed E-state index contributed by atoms with van der Waals surface area (Å²) in [4.78, 5) is 10.9.